The van der Waals surface area contributed by atoms with Gasteiger partial charge in [-0.25, -0.2) is 9.97 Å². The minimum Gasteiger partial charge on any atom is -0.369 e. The van der Waals surface area contributed by atoms with E-state index in [1.807, 2.05) is 18.3 Å². The van der Waals surface area contributed by atoms with Crippen molar-refractivity contribution in [3.63, 3.8) is 0 Å². The molecule has 4 heteroatoms. The second-order valence-electron chi connectivity index (χ2n) is 7.75. The molecular weight excluding hydrogens is 248 g/mol. The molecule has 2 heterocycles. The van der Waals surface area contributed by atoms with Gasteiger partial charge in [0.1, 0.15) is 5.52 Å². The van der Waals surface area contributed by atoms with Gasteiger partial charge in [0.05, 0.1) is 0 Å². The molecule has 20 heavy (non-hydrogen) atoms. The van der Waals surface area contributed by atoms with Gasteiger partial charge in [0.2, 0.25) is 5.95 Å². The van der Waals surface area contributed by atoms with Crippen LogP contribution in [0.1, 0.15) is 53.0 Å². The minimum absolute atomic E-state index is 0.324. The maximum absolute atomic E-state index is 6.17. The van der Waals surface area contributed by atoms with E-state index in [1.54, 1.807) is 0 Å². The van der Waals surface area contributed by atoms with E-state index in [9.17, 15) is 0 Å². The highest BCUT2D eigenvalue weighted by molar-refractivity contribution is 5.74. The number of imidazole rings is 1. The summed E-state index contributed by atoms with van der Waals surface area (Å²) in [6, 6.07) is 4.27. The average molecular weight is 272 g/mol. The van der Waals surface area contributed by atoms with Gasteiger partial charge in [0, 0.05) is 12.2 Å². The molecule has 3 rings (SSSR count). The Bertz CT molecular complexity index is 623. The fourth-order valence-electron chi connectivity index (χ4n) is 4.28. The summed E-state index contributed by atoms with van der Waals surface area (Å²) >= 11 is 0. The number of anilines is 1. The SMILES string of the molecule is CC1(C)CC(n2c(N)nc3cccnc32)CC(C)(C)C1. The van der Waals surface area contributed by atoms with Crippen LogP contribution >= 0.6 is 0 Å². The molecule has 0 bridgehead atoms. The van der Waals surface area contributed by atoms with E-state index in [4.69, 9.17) is 5.73 Å². The molecule has 0 aromatic carbocycles. The molecule has 0 saturated heterocycles. The van der Waals surface area contributed by atoms with Crippen LogP contribution in [0.2, 0.25) is 0 Å². The van der Waals surface area contributed by atoms with E-state index in [0.29, 0.717) is 22.8 Å². The summed E-state index contributed by atoms with van der Waals surface area (Å²) in [5.74, 6) is 0.595. The summed E-state index contributed by atoms with van der Waals surface area (Å²) in [5.41, 5.74) is 8.63. The quantitative estimate of drug-likeness (QED) is 0.859. The molecule has 0 radical (unpaired) electrons. The van der Waals surface area contributed by atoms with Crippen molar-refractivity contribution >= 4 is 17.1 Å². The summed E-state index contributed by atoms with van der Waals surface area (Å²) in [4.78, 5) is 8.96. The van der Waals surface area contributed by atoms with Gasteiger partial charge < -0.3 is 5.73 Å². The fraction of sp³-hybridized carbons (Fsp3) is 0.625. The first kappa shape index (κ1) is 13.4. The molecule has 2 aromatic heterocycles. The van der Waals surface area contributed by atoms with E-state index < -0.39 is 0 Å². The Morgan fingerprint density at radius 2 is 1.85 bits per heavy atom. The zero-order chi connectivity index (χ0) is 14.5. The third-order valence-electron chi connectivity index (χ3n) is 4.37. The maximum Gasteiger partial charge on any atom is 0.202 e. The number of rotatable bonds is 1. The summed E-state index contributed by atoms with van der Waals surface area (Å²) in [5, 5.41) is 0. The average Bonchev–Trinajstić information content (AvgIpc) is 2.60. The topological polar surface area (TPSA) is 56.7 Å². The van der Waals surface area contributed by atoms with Crippen molar-refractivity contribution in [1.29, 1.82) is 0 Å². The molecular formula is C16H24N4. The first-order valence-electron chi connectivity index (χ1n) is 7.36. The zero-order valence-electron chi connectivity index (χ0n) is 12.8. The maximum atomic E-state index is 6.17. The molecule has 0 unspecified atom stereocenters. The second kappa shape index (κ2) is 4.21. The van der Waals surface area contributed by atoms with E-state index in [1.165, 1.54) is 6.42 Å². The monoisotopic (exact) mass is 272 g/mol. The Kier molecular flexibility index (Phi) is 2.82. The molecule has 4 nitrogen and oxygen atoms in total. The molecule has 0 amide bonds. The lowest BCUT2D eigenvalue weighted by molar-refractivity contribution is 0.0745. The number of nitrogen functional groups attached to an aromatic ring is 1. The normalized spacial score (nSPS) is 22.2. The molecule has 1 aliphatic carbocycles. The lowest BCUT2D eigenvalue weighted by Gasteiger charge is -2.45. The highest BCUT2D eigenvalue weighted by Gasteiger charge is 2.40. The lowest BCUT2D eigenvalue weighted by atomic mass is 9.63. The molecule has 108 valence electrons. The molecule has 1 saturated carbocycles. The number of hydrogen-bond donors (Lipinski definition) is 1. The summed E-state index contributed by atoms with van der Waals surface area (Å²) in [6.45, 7) is 9.40. The Balaban J connectivity index is 2.08. The Morgan fingerprint density at radius 1 is 1.20 bits per heavy atom. The van der Waals surface area contributed by atoms with Gasteiger partial charge >= 0.3 is 0 Å². The Labute approximate surface area is 120 Å². The van der Waals surface area contributed by atoms with Crippen LogP contribution in [-0.2, 0) is 0 Å². The number of nitrogens with zero attached hydrogens (tertiary/aromatic N) is 3. The van der Waals surface area contributed by atoms with Crippen molar-refractivity contribution in [3.8, 4) is 0 Å². The van der Waals surface area contributed by atoms with Crippen molar-refractivity contribution in [1.82, 2.24) is 14.5 Å². The third kappa shape index (κ3) is 2.28. The number of fused-ring (bicyclic) bond motifs is 1. The zero-order valence-corrected chi connectivity index (χ0v) is 12.8. The van der Waals surface area contributed by atoms with Crippen LogP contribution in [0.15, 0.2) is 18.3 Å². The summed E-state index contributed by atoms with van der Waals surface area (Å²) < 4.78 is 2.15. The Hall–Kier alpha value is -1.58. The summed E-state index contributed by atoms with van der Waals surface area (Å²) in [7, 11) is 0. The predicted octanol–water partition coefficient (Wildman–Crippen LogP) is 3.79. The van der Waals surface area contributed by atoms with E-state index in [2.05, 4.69) is 42.2 Å². The van der Waals surface area contributed by atoms with E-state index in [-0.39, 0.29) is 0 Å². The fourth-order valence-corrected chi connectivity index (χ4v) is 4.28. The number of nitrogens with two attached hydrogens (primary N) is 1. The molecule has 1 fully saturated rings. The van der Waals surface area contributed by atoms with Gasteiger partial charge in [-0.1, -0.05) is 27.7 Å². The van der Waals surface area contributed by atoms with E-state index >= 15 is 0 Å². The van der Waals surface area contributed by atoms with Crippen molar-refractivity contribution in [3.05, 3.63) is 18.3 Å². The number of pyridine rings is 1. The number of hydrogen-bond acceptors (Lipinski definition) is 3. The van der Waals surface area contributed by atoms with Crippen molar-refractivity contribution in [2.75, 3.05) is 5.73 Å². The Morgan fingerprint density at radius 3 is 2.50 bits per heavy atom. The minimum atomic E-state index is 0.324. The van der Waals surface area contributed by atoms with Crippen LogP contribution in [0, 0.1) is 10.8 Å². The smallest absolute Gasteiger partial charge is 0.202 e. The highest BCUT2D eigenvalue weighted by Crippen LogP contribution is 2.50. The molecule has 2 N–H and O–H groups in total. The highest BCUT2D eigenvalue weighted by atomic mass is 15.2. The van der Waals surface area contributed by atoms with Gasteiger partial charge in [-0.3, -0.25) is 4.57 Å². The third-order valence-corrected chi connectivity index (χ3v) is 4.37. The van der Waals surface area contributed by atoms with Gasteiger partial charge in [0.15, 0.2) is 5.65 Å². The molecule has 0 atom stereocenters. The van der Waals surface area contributed by atoms with Crippen molar-refractivity contribution in [2.45, 2.75) is 53.0 Å². The van der Waals surface area contributed by atoms with Gasteiger partial charge in [0.25, 0.3) is 0 Å². The van der Waals surface area contributed by atoms with Crippen LogP contribution in [0.25, 0.3) is 11.2 Å². The summed E-state index contributed by atoms with van der Waals surface area (Å²) in [6.07, 6.45) is 5.32. The largest absolute Gasteiger partial charge is 0.369 e. The number of aromatic nitrogens is 3. The van der Waals surface area contributed by atoms with Crippen LogP contribution in [-0.4, -0.2) is 14.5 Å². The molecule has 2 aromatic rings. The molecule has 0 spiro atoms. The standard InChI is InChI=1S/C16H24N4/c1-15(2)8-11(9-16(3,4)10-15)20-13-12(19-14(20)17)6-5-7-18-13/h5-7,11H,8-10H2,1-4H3,(H2,17,19). The molecule has 1 aliphatic rings. The van der Waals surface area contributed by atoms with Crippen LogP contribution in [0.5, 0.6) is 0 Å². The predicted molar refractivity (Wildman–Crippen MR) is 82.4 cm³/mol. The van der Waals surface area contributed by atoms with Crippen molar-refractivity contribution < 1.29 is 0 Å². The van der Waals surface area contributed by atoms with Crippen LogP contribution in [0.3, 0.4) is 0 Å². The first-order valence-corrected chi connectivity index (χ1v) is 7.36. The van der Waals surface area contributed by atoms with Crippen LogP contribution in [0.4, 0.5) is 5.95 Å². The molecule has 0 aliphatic heterocycles. The van der Waals surface area contributed by atoms with Crippen molar-refractivity contribution in [2.24, 2.45) is 10.8 Å². The van der Waals surface area contributed by atoms with Gasteiger partial charge in [-0.15, -0.1) is 0 Å². The van der Waals surface area contributed by atoms with E-state index in [0.717, 1.165) is 24.0 Å². The van der Waals surface area contributed by atoms with Crippen LogP contribution < -0.4 is 5.73 Å². The second-order valence-corrected chi connectivity index (χ2v) is 7.75. The van der Waals surface area contributed by atoms with Gasteiger partial charge in [-0.2, -0.15) is 0 Å². The van der Waals surface area contributed by atoms with Gasteiger partial charge in [-0.05, 0) is 42.2 Å². The lowest BCUT2D eigenvalue weighted by Crippen LogP contribution is -2.35. The first-order chi connectivity index (χ1) is 9.27.